The lowest BCUT2D eigenvalue weighted by atomic mass is 9.31. The standard InChI is InChI=1S/C14H16N2O4/c1-20-12(17)11(15)14-6-13(7-14,8-14)9-3-2-4-10(5-9)16(18)19/h2-5,11H,6-8,15H2,1H3. The van der Waals surface area contributed by atoms with Gasteiger partial charge in [-0.15, -0.1) is 0 Å². The highest BCUT2D eigenvalue weighted by Crippen LogP contribution is 2.74. The van der Waals surface area contributed by atoms with Gasteiger partial charge in [-0.05, 0) is 35.7 Å². The SMILES string of the molecule is COC(=O)C(N)C12CC(c3cccc([N+](=O)[O-])c3)(C1)C2. The van der Waals surface area contributed by atoms with Crippen molar-refractivity contribution in [2.75, 3.05) is 7.11 Å². The number of nitrogens with zero attached hydrogens (tertiary/aromatic N) is 1. The van der Waals surface area contributed by atoms with Crippen molar-refractivity contribution in [2.24, 2.45) is 11.1 Å². The summed E-state index contributed by atoms with van der Waals surface area (Å²) in [5.41, 5.74) is 6.83. The monoisotopic (exact) mass is 276 g/mol. The summed E-state index contributed by atoms with van der Waals surface area (Å²) < 4.78 is 4.69. The first kappa shape index (κ1) is 13.1. The molecule has 0 spiro atoms. The number of rotatable bonds is 4. The minimum Gasteiger partial charge on any atom is -0.468 e. The summed E-state index contributed by atoms with van der Waals surface area (Å²) in [4.78, 5) is 22.0. The Labute approximate surface area is 116 Å². The zero-order valence-corrected chi connectivity index (χ0v) is 11.2. The molecule has 4 rings (SSSR count). The lowest BCUT2D eigenvalue weighted by Crippen LogP contribution is -2.72. The molecule has 2 bridgehead atoms. The molecular weight excluding hydrogens is 260 g/mol. The molecule has 20 heavy (non-hydrogen) atoms. The molecule has 0 amide bonds. The molecule has 1 atom stereocenters. The molecular formula is C14H16N2O4. The largest absolute Gasteiger partial charge is 0.468 e. The molecule has 6 nitrogen and oxygen atoms in total. The van der Waals surface area contributed by atoms with Crippen molar-refractivity contribution in [3.63, 3.8) is 0 Å². The lowest BCUT2D eigenvalue weighted by Gasteiger charge is -2.72. The number of esters is 1. The van der Waals surface area contributed by atoms with Crippen LogP contribution in [0.2, 0.25) is 0 Å². The predicted octanol–water partition coefficient (Wildman–Crippen LogP) is 1.52. The highest BCUT2D eigenvalue weighted by molar-refractivity contribution is 5.78. The number of carbonyl (C=O) groups excluding carboxylic acids is 1. The normalized spacial score (nSPS) is 31.7. The number of methoxy groups -OCH3 is 1. The van der Waals surface area contributed by atoms with Crippen LogP contribution in [0.5, 0.6) is 0 Å². The van der Waals surface area contributed by atoms with E-state index >= 15 is 0 Å². The van der Waals surface area contributed by atoms with Crippen LogP contribution >= 0.6 is 0 Å². The number of nitro benzene ring substituents is 1. The summed E-state index contributed by atoms with van der Waals surface area (Å²) in [6.07, 6.45) is 2.41. The van der Waals surface area contributed by atoms with Gasteiger partial charge < -0.3 is 10.5 Å². The first-order valence-electron chi connectivity index (χ1n) is 6.51. The maximum absolute atomic E-state index is 11.5. The van der Waals surface area contributed by atoms with Gasteiger partial charge in [0, 0.05) is 12.1 Å². The second-order valence-corrected chi connectivity index (χ2v) is 5.98. The van der Waals surface area contributed by atoms with Crippen molar-refractivity contribution >= 4 is 11.7 Å². The average molecular weight is 276 g/mol. The van der Waals surface area contributed by atoms with Crippen molar-refractivity contribution in [3.8, 4) is 0 Å². The summed E-state index contributed by atoms with van der Waals surface area (Å²) >= 11 is 0. The zero-order valence-electron chi connectivity index (χ0n) is 11.2. The Bertz CT molecular complexity index is 579. The lowest BCUT2D eigenvalue weighted by molar-refractivity contribution is -0.385. The first-order chi connectivity index (χ1) is 9.42. The van der Waals surface area contributed by atoms with Crippen molar-refractivity contribution < 1.29 is 14.5 Å². The van der Waals surface area contributed by atoms with Crippen molar-refractivity contribution in [2.45, 2.75) is 30.7 Å². The Kier molecular flexibility index (Phi) is 2.62. The van der Waals surface area contributed by atoms with Gasteiger partial charge in [0.15, 0.2) is 0 Å². The van der Waals surface area contributed by atoms with Crippen LogP contribution in [-0.2, 0) is 14.9 Å². The molecule has 0 radical (unpaired) electrons. The van der Waals surface area contributed by atoms with E-state index in [2.05, 4.69) is 0 Å². The number of nitro groups is 1. The summed E-state index contributed by atoms with van der Waals surface area (Å²) in [5.74, 6) is -0.377. The van der Waals surface area contributed by atoms with Gasteiger partial charge in [-0.1, -0.05) is 12.1 Å². The number of hydrogen-bond acceptors (Lipinski definition) is 5. The Morgan fingerprint density at radius 3 is 2.65 bits per heavy atom. The number of non-ortho nitro benzene ring substituents is 1. The van der Waals surface area contributed by atoms with E-state index < -0.39 is 6.04 Å². The highest BCUT2D eigenvalue weighted by atomic mass is 16.6. The second-order valence-electron chi connectivity index (χ2n) is 5.98. The minimum atomic E-state index is -0.590. The third-order valence-electron chi connectivity index (χ3n) is 4.86. The average Bonchev–Trinajstić information content (AvgIpc) is 2.34. The number of benzene rings is 1. The predicted molar refractivity (Wildman–Crippen MR) is 71.0 cm³/mol. The summed E-state index contributed by atoms with van der Waals surface area (Å²) in [6.45, 7) is 0. The fraction of sp³-hybridized carbons (Fsp3) is 0.500. The van der Waals surface area contributed by atoms with Gasteiger partial charge in [0.05, 0.1) is 12.0 Å². The van der Waals surface area contributed by atoms with Crippen LogP contribution in [0.3, 0.4) is 0 Å². The second kappa shape index (κ2) is 4.02. The molecule has 106 valence electrons. The topological polar surface area (TPSA) is 95.5 Å². The fourth-order valence-electron chi connectivity index (χ4n) is 3.83. The van der Waals surface area contributed by atoms with E-state index in [4.69, 9.17) is 10.5 Å². The maximum Gasteiger partial charge on any atom is 0.323 e. The smallest absolute Gasteiger partial charge is 0.323 e. The molecule has 1 aromatic rings. The number of carbonyl (C=O) groups is 1. The Morgan fingerprint density at radius 2 is 2.10 bits per heavy atom. The number of nitrogens with two attached hydrogens (primary N) is 1. The molecule has 3 aliphatic carbocycles. The number of ether oxygens (including phenoxy) is 1. The van der Waals surface area contributed by atoms with E-state index in [1.165, 1.54) is 13.2 Å². The van der Waals surface area contributed by atoms with Gasteiger partial charge in [-0.3, -0.25) is 14.9 Å². The van der Waals surface area contributed by atoms with Gasteiger partial charge in [0.1, 0.15) is 6.04 Å². The quantitative estimate of drug-likeness (QED) is 0.511. The summed E-state index contributed by atoms with van der Waals surface area (Å²) in [5, 5.41) is 10.8. The van der Waals surface area contributed by atoms with Crippen LogP contribution < -0.4 is 5.73 Å². The van der Waals surface area contributed by atoms with Gasteiger partial charge in [-0.2, -0.15) is 0 Å². The molecule has 0 aliphatic heterocycles. The Hall–Kier alpha value is -1.95. The van der Waals surface area contributed by atoms with E-state index in [-0.39, 0.29) is 27.4 Å². The van der Waals surface area contributed by atoms with Crippen LogP contribution in [0.25, 0.3) is 0 Å². The molecule has 0 heterocycles. The summed E-state index contributed by atoms with van der Waals surface area (Å²) in [6, 6.07) is 6.16. The third kappa shape index (κ3) is 1.57. The minimum absolute atomic E-state index is 0.0301. The molecule has 1 aromatic carbocycles. The molecule has 0 aromatic heterocycles. The third-order valence-corrected chi connectivity index (χ3v) is 4.86. The summed E-state index contributed by atoms with van der Waals surface area (Å²) in [7, 11) is 1.34. The highest BCUT2D eigenvalue weighted by Gasteiger charge is 2.71. The van der Waals surface area contributed by atoms with Crippen LogP contribution in [0.1, 0.15) is 24.8 Å². The Balaban J connectivity index is 1.77. The number of hydrogen-bond donors (Lipinski definition) is 1. The molecule has 3 saturated carbocycles. The Morgan fingerprint density at radius 1 is 1.45 bits per heavy atom. The molecule has 1 unspecified atom stereocenters. The zero-order chi connectivity index (χ0) is 14.5. The van der Waals surface area contributed by atoms with E-state index in [0.29, 0.717) is 0 Å². The van der Waals surface area contributed by atoms with Gasteiger partial charge in [0.2, 0.25) is 0 Å². The van der Waals surface area contributed by atoms with E-state index in [0.717, 1.165) is 24.8 Å². The van der Waals surface area contributed by atoms with Crippen molar-refractivity contribution in [3.05, 3.63) is 39.9 Å². The van der Waals surface area contributed by atoms with Crippen LogP contribution in [0.15, 0.2) is 24.3 Å². The fourth-order valence-corrected chi connectivity index (χ4v) is 3.83. The van der Waals surface area contributed by atoms with Crippen LogP contribution in [0.4, 0.5) is 5.69 Å². The van der Waals surface area contributed by atoms with E-state index in [1.807, 2.05) is 6.07 Å². The van der Waals surface area contributed by atoms with Crippen molar-refractivity contribution in [1.29, 1.82) is 0 Å². The molecule has 6 heteroatoms. The molecule has 3 aliphatic rings. The van der Waals surface area contributed by atoms with E-state index in [1.54, 1.807) is 12.1 Å². The van der Waals surface area contributed by atoms with Gasteiger partial charge >= 0.3 is 5.97 Å². The molecule has 0 saturated heterocycles. The molecule has 3 fully saturated rings. The van der Waals surface area contributed by atoms with Crippen LogP contribution in [0, 0.1) is 15.5 Å². The van der Waals surface area contributed by atoms with E-state index in [9.17, 15) is 14.9 Å². The van der Waals surface area contributed by atoms with Crippen LogP contribution in [-0.4, -0.2) is 24.0 Å². The maximum atomic E-state index is 11.5. The van der Waals surface area contributed by atoms with Crippen molar-refractivity contribution in [1.82, 2.24) is 0 Å². The molecule has 2 N–H and O–H groups in total. The van der Waals surface area contributed by atoms with Gasteiger partial charge in [0.25, 0.3) is 5.69 Å². The first-order valence-corrected chi connectivity index (χ1v) is 6.51. The van der Waals surface area contributed by atoms with Gasteiger partial charge in [-0.25, -0.2) is 0 Å².